The van der Waals surface area contributed by atoms with Crippen LogP contribution in [0.15, 0.2) is 18.2 Å². The third-order valence-electron chi connectivity index (χ3n) is 2.41. The van der Waals surface area contributed by atoms with Crippen molar-refractivity contribution in [3.8, 4) is 0 Å². The molecule has 6 nitrogen and oxygen atoms in total. The molecule has 0 aromatic heterocycles. The van der Waals surface area contributed by atoms with Crippen LogP contribution < -0.4 is 16.0 Å². The average molecular weight is 389 g/mol. The standard InChI is InChI=1S/C13H16IN3O3/c1-8-5-10(14)3-4-11(8)17-13(20)7-16-12(19)6-15-9(2)18/h3-5H,6-7H2,1-2H3,(H,15,18)(H,16,19)(H,17,20). The van der Waals surface area contributed by atoms with Crippen molar-refractivity contribution in [2.24, 2.45) is 0 Å². The van der Waals surface area contributed by atoms with Gasteiger partial charge in [-0.25, -0.2) is 0 Å². The van der Waals surface area contributed by atoms with E-state index in [0.29, 0.717) is 5.69 Å². The molecule has 7 heteroatoms. The molecule has 1 aromatic rings. The van der Waals surface area contributed by atoms with E-state index in [-0.39, 0.29) is 24.9 Å². The summed E-state index contributed by atoms with van der Waals surface area (Å²) in [4.78, 5) is 33.6. The Morgan fingerprint density at radius 2 is 1.75 bits per heavy atom. The summed E-state index contributed by atoms with van der Waals surface area (Å²) in [5.74, 6) is -1.01. The van der Waals surface area contributed by atoms with Gasteiger partial charge in [-0.1, -0.05) is 0 Å². The summed E-state index contributed by atoms with van der Waals surface area (Å²) in [5.41, 5.74) is 1.67. The van der Waals surface area contributed by atoms with E-state index < -0.39 is 5.91 Å². The van der Waals surface area contributed by atoms with Gasteiger partial charge in [0.05, 0.1) is 13.1 Å². The number of nitrogens with one attached hydrogen (secondary N) is 3. The van der Waals surface area contributed by atoms with E-state index in [0.717, 1.165) is 9.13 Å². The van der Waals surface area contributed by atoms with Crippen LogP contribution in [0.1, 0.15) is 12.5 Å². The maximum Gasteiger partial charge on any atom is 0.243 e. The number of amides is 3. The second-order valence-corrected chi connectivity index (χ2v) is 5.44. The molecule has 0 aliphatic carbocycles. The normalized spacial score (nSPS) is 9.75. The Labute approximate surface area is 130 Å². The molecule has 108 valence electrons. The molecule has 0 radical (unpaired) electrons. The third-order valence-corrected chi connectivity index (χ3v) is 3.08. The molecule has 0 heterocycles. The number of hydrogen-bond donors (Lipinski definition) is 3. The van der Waals surface area contributed by atoms with Crippen molar-refractivity contribution in [2.45, 2.75) is 13.8 Å². The summed E-state index contributed by atoms with van der Waals surface area (Å²) < 4.78 is 1.08. The Morgan fingerprint density at radius 3 is 2.35 bits per heavy atom. The van der Waals surface area contributed by atoms with Gasteiger partial charge in [0.2, 0.25) is 17.7 Å². The molecule has 0 saturated carbocycles. The van der Waals surface area contributed by atoms with Crippen LogP contribution in [0.2, 0.25) is 0 Å². The van der Waals surface area contributed by atoms with Gasteiger partial charge in [0.25, 0.3) is 0 Å². The highest BCUT2D eigenvalue weighted by Gasteiger charge is 2.07. The number of carbonyl (C=O) groups excluding carboxylic acids is 3. The first-order valence-corrected chi connectivity index (χ1v) is 7.03. The third kappa shape index (κ3) is 6.00. The lowest BCUT2D eigenvalue weighted by Gasteiger charge is -2.09. The summed E-state index contributed by atoms with van der Waals surface area (Å²) in [5, 5.41) is 7.49. The fourth-order valence-corrected chi connectivity index (χ4v) is 2.05. The predicted molar refractivity (Wildman–Crippen MR) is 84.2 cm³/mol. The number of benzene rings is 1. The number of hydrogen-bond acceptors (Lipinski definition) is 3. The number of aryl methyl sites for hydroxylation is 1. The molecule has 20 heavy (non-hydrogen) atoms. The van der Waals surface area contributed by atoms with Gasteiger partial charge >= 0.3 is 0 Å². The van der Waals surface area contributed by atoms with E-state index in [1.165, 1.54) is 6.92 Å². The quantitative estimate of drug-likeness (QED) is 0.651. The van der Waals surface area contributed by atoms with Gasteiger partial charge in [0.1, 0.15) is 0 Å². The molecule has 1 aromatic carbocycles. The fraction of sp³-hybridized carbons (Fsp3) is 0.308. The number of rotatable bonds is 5. The molecule has 0 aliphatic heterocycles. The molecule has 3 N–H and O–H groups in total. The zero-order chi connectivity index (χ0) is 15.1. The maximum atomic E-state index is 11.7. The molecule has 0 bridgehead atoms. The van der Waals surface area contributed by atoms with Gasteiger partial charge in [-0.2, -0.15) is 0 Å². The molecule has 0 saturated heterocycles. The van der Waals surface area contributed by atoms with Gasteiger partial charge in [0.15, 0.2) is 0 Å². The first-order chi connectivity index (χ1) is 9.38. The van der Waals surface area contributed by atoms with Crippen LogP contribution in [0.3, 0.4) is 0 Å². The first-order valence-electron chi connectivity index (χ1n) is 5.95. The highest BCUT2D eigenvalue weighted by atomic mass is 127. The van der Waals surface area contributed by atoms with Crippen LogP contribution in [0.5, 0.6) is 0 Å². The minimum atomic E-state index is -0.408. The van der Waals surface area contributed by atoms with Crippen molar-refractivity contribution in [3.05, 3.63) is 27.3 Å². The van der Waals surface area contributed by atoms with Gasteiger partial charge in [-0.05, 0) is 53.3 Å². The Kier molecular flexibility index (Phi) is 6.43. The summed E-state index contributed by atoms with van der Waals surface area (Å²) in [6.45, 7) is 2.95. The lowest BCUT2D eigenvalue weighted by Crippen LogP contribution is -2.39. The molecule has 0 unspecified atom stereocenters. The number of anilines is 1. The van der Waals surface area contributed by atoms with E-state index in [1.54, 1.807) is 0 Å². The molecule has 0 fully saturated rings. The SMILES string of the molecule is CC(=O)NCC(=O)NCC(=O)Nc1ccc(I)cc1C. The van der Waals surface area contributed by atoms with Gasteiger partial charge in [-0.3, -0.25) is 14.4 Å². The maximum absolute atomic E-state index is 11.7. The zero-order valence-electron chi connectivity index (χ0n) is 11.2. The molecule has 0 atom stereocenters. The second kappa shape index (κ2) is 7.83. The lowest BCUT2D eigenvalue weighted by molar-refractivity contribution is -0.126. The van der Waals surface area contributed by atoms with Crippen molar-refractivity contribution in [1.82, 2.24) is 10.6 Å². The second-order valence-electron chi connectivity index (χ2n) is 4.19. The van der Waals surface area contributed by atoms with Crippen molar-refractivity contribution in [3.63, 3.8) is 0 Å². The first kappa shape index (κ1) is 16.4. The summed E-state index contributed by atoms with van der Waals surface area (Å²) in [7, 11) is 0. The fourth-order valence-electron chi connectivity index (χ4n) is 1.41. The molecule has 3 amide bonds. The van der Waals surface area contributed by atoms with Crippen LogP contribution in [0.25, 0.3) is 0 Å². The summed E-state index contributed by atoms with van der Waals surface area (Å²) in [6, 6.07) is 5.65. The monoisotopic (exact) mass is 389 g/mol. The van der Waals surface area contributed by atoms with Crippen LogP contribution >= 0.6 is 22.6 Å². The molecule has 0 aliphatic rings. The largest absolute Gasteiger partial charge is 0.347 e. The minimum absolute atomic E-state index is 0.134. The zero-order valence-corrected chi connectivity index (χ0v) is 13.4. The van der Waals surface area contributed by atoms with Gasteiger partial charge in [0, 0.05) is 16.2 Å². The van der Waals surface area contributed by atoms with E-state index in [9.17, 15) is 14.4 Å². The summed E-state index contributed by atoms with van der Waals surface area (Å²) >= 11 is 2.19. The number of halogens is 1. The van der Waals surface area contributed by atoms with E-state index >= 15 is 0 Å². The Bertz CT molecular complexity index is 532. The Hall–Kier alpha value is -1.64. The highest BCUT2D eigenvalue weighted by molar-refractivity contribution is 14.1. The van der Waals surface area contributed by atoms with E-state index in [4.69, 9.17) is 0 Å². The van der Waals surface area contributed by atoms with Crippen molar-refractivity contribution >= 4 is 46.0 Å². The molecule has 1 rings (SSSR count). The van der Waals surface area contributed by atoms with Crippen LogP contribution in [0, 0.1) is 10.5 Å². The van der Waals surface area contributed by atoms with Crippen molar-refractivity contribution in [2.75, 3.05) is 18.4 Å². The van der Waals surface area contributed by atoms with E-state index in [1.807, 2.05) is 25.1 Å². The Morgan fingerprint density at radius 1 is 1.10 bits per heavy atom. The van der Waals surface area contributed by atoms with Crippen LogP contribution in [-0.4, -0.2) is 30.8 Å². The highest BCUT2D eigenvalue weighted by Crippen LogP contribution is 2.17. The molecule has 0 spiro atoms. The smallest absolute Gasteiger partial charge is 0.243 e. The minimum Gasteiger partial charge on any atom is -0.347 e. The molecular formula is C13H16IN3O3. The van der Waals surface area contributed by atoms with Gasteiger partial charge in [-0.15, -0.1) is 0 Å². The number of carbonyl (C=O) groups is 3. The van der Waals surface area contributed by atoms with E-state index in [2.05, 4.69) is 38.5 Å². The van der Waals surface area contributed by atoms with Gasteiger partial charge < -0.3 is 16.0 Å². The van der Waals surface area contributed by atoms with Crippen LogP contribution in [0.4, 0.5) is 5.69 Å². The van der Waals surface area contributed by atoms with Crippen molar-refractivity contribution < 1.29 is 14.4 Å². The van der Waals surface area contributed by atoms with Crippen LogP contribution in [-0.2, 0) is 14.4 Å². The Balaban J connectivity index is 2.40. The lowest BCUT2D eigenvalue weighted by atomic mass is 10.2. The average Bonchev–Trinajstić information content (AvgIpc) is 2.37. The predicted octanol–water partition coefficient (Wildman–Crippen LogP) is 0.790. The molecular weight excluding hydrogens is 373 g/mol. The van der Waals surface area contributed by atoms with Crippen molar-refractivity contribution in [1.29, 1.82) is 0 Å². The summed E-state index contributed by atoms with van der Waals surface area (Å²) in [6.07, 6.45) is 0. The topological polar surface area (TPSA) is 87.3 Å².